The van der Waals surface area contributed by atoms with Gasteiger partial charge in [0.1, 0.15) is 0 Å². The minimum Gasteiger partial charge on any atom is -0.394 e. The van der Waals surface area contributed by atoms with E-state index >= 15 is 0 Å². The Morgan fingerprint density at radius 2 is 2.00 bits per heavy atom. The lowest BCUT2D eigenvalue weighted by molar-refractivity contribution is 0.0601. The molecule has 2 unspecified atom stereocenters. The second-order valence-electron chi connectivity index (χ2n) is 6.90. The van der Waals surface area contributed by atoms with E-state index in [2.05, 4.69) is 43.1 Å². The van der Waals surface area contributed by atoms with Crippen LogP contribution in [0.25, 0.3) is 0 Å². The van der Waals surface area contributed by atoms with E-state index in [9.17, 15) is 5.11 Å². The zero-order valence-electron chi connectivity index (χ0n) is 14.7. The third kappa shape index (κ3) is 6.23. The van der Waals surface area contributed by atoms with Crippen LogP contribution in [0, 0.1) is 0 Å². The van der Waals surface area contributed by atoms with E-state index in [0.29, 0.717) is 6.04 Å². The van der Waals surface area contributed by atoms with E-state index in [1.807, 2.05) is 0 Å². The summed E-state index contributed by atoms with van der Waals surface area (Å²) in [6.07, 6.45) is 7.09. The first kappa shape index (κ1) is 18.9. The van der Waals surface area contributed by atoms with Crippen molar-refractivity contribution in [3.05, 3.63) is 0 Å². The van der Waals surface area contributed by atoms with E-state index in [1.165, 1.54) is 25.8 Å². The molecule has 0 spiro atoms. The number of aliphatic hydroxyl groups excluding tert-OH is 1. The Kier molecular flexibility index (Phi) is 8.79. The van der Waals surface area contributed by atoms with Gasteiger partial charge in [0.15, 0.2) is 0 Å². The topological polar surface area (TPSA) is 38.7 Å². The maximum Gasteiger partial charge on any atom is 0.0613 e. The van der Waals surface area contributed by atoms with Gasteiger partial charge in [-0.25, -0.2) is 0 Å². The molecule has 0 radical (unpaired) electrons. The van der Waals surface area contributed by atoms with Gasteiger partial charge in [0.25, 0.3) is 0 Å². The summed E-state index contributed by atoms with van der Waals surface area (Å²) in [4.78, 5) is 4.89. The molecule has 1 rings (SSSR count). The van der Waals surface area contributed by atoms with Crippen LogP contribution in [0.2, 0.25) is 0 Å². The van der Waals surface area contributed by atoms with Crippen molar-refractivity contribution in [2.24, 2.45) is 0 Å². The molecule has 0 bridgehead atoms. The lowest BCUT2D eigenvalue weighted by Crippen LogP contribution is -2.56. The first-order valence-corrected chi connectivity index (χ1v) is 8.81. The lowest BCUT2D eigenvalue weighted by Gasteiger charge is -2.44. The van der Waals surface area contributed by atoms with E-state index in [4.69, 9.17) is 0 Å². The van der Waals surface area contributed by atoms with Gasteiger partial charge >= 0.3 is 0 Å². The smallest absolute Gasteiger partial charge is 0.0613 e. The average Bonchev–Trinajstić information content (AvgIpc) is 2.49. The molecule has 2 N–H and O–H groups in total. The van der Waals surface area contributed by atoms with Crippen molar-refractivity contribution >= 4 is 0 Å². The number of hydrogen-bond acceptors (Lipinski definition) is 4. The molecule has 0 aromatic carbocycles. The van der Waals surface area contributed by atoms with E-state index < -0.39 is 0 Å². The van der Waals surface area contributed by atoms with Crippen molar-refractivity contribution in [2.75, 3.05) is 46.9 Å². The first-order chi connectivity index (χ1) is 10.1. The Hall–Kier alpha value is -0.160. The summed E-state index contributed by atoms with van der Waals surface area (Å²) < 4.78 is 0. The molecule has 4 heteroatoms. The van der Waals surface area contributed by atoms with Crippen LogP contribution in [0.3, 0.4) is 0 Å². The van der Waals surface area contributed by atoms with E-state index in [1.54, 1.807) is 0 Å². The predicted molar refractivity (Wildman–Crippen MR) is 90.8 cm³/mol. The molecule has 4 nitrogen and oxygen atoms in total. The van der Waals surface area contributed by atoms with Crippen LogP contribution >= 0.6 is 0 Å². The zero-order valence-corrected chi connectivity index (χ0v) is 14.7. The molecule has 0 saturated heterocycles. The minimum atomic E-state index is -0.0338. The maximum absolute atomic E-state index is 9.90. The molecule has 21 heavy (non-hydrogen) atoms. The summed E-state index contributed by atoms with van der Waals surface area (Å²) in [5.74, 6) is 0. The number of nitrogens with zero attached hydrogens (tertiary/aromatic N) is 2. The highest BCUT2D eigenvalue weighted by atomic mass is 16.3. The van der Waals surface area contributed by atoms with Gasteiger partial charge < -0.3 is 20.2 Å². The van der Waals surface area contributed by atoms with Gasteiger partial charge in [0.05, 0.1) is 6.61 Å². The molecule has 0 aliphatic heterocycles. The molecule has 0 aromatic heterocycles. The maximum atomic E-state index is 9.90. The summed E-state index contributed by atoms with van der Waals surface area (Å²) >= 11 is 0. The second kappa shape index (κ2) is 9.78. The van der Waals surface area contributed by atoms with Crippen LogP contribution < -0.4 is 5.32 Å². The zero-order chi connectivity index (χ0) is 15.7. The Morgan fingerprint density at radius 3 is 2.57 bits per heavy atom. The van der Waals surface area contributed by atoms with Crippen LogP contribution in [0.1, 0.15) is 52.4 Å². The summed E-state index contributed by atoms with van der Waals surface area (Å²) in [7, 11) is 4.28. The Balaban J connectivity index is 2.54. The third-order valence-corrected chi connectivity index (χ3v) is 4.84. The van der Waals surface area contributed by atoms with Crippen LogP contribution in [-0.2, 0) is 0 Å². The number of hydrogen-bond donors (Lipinski definition) is 2. The van der Waals surface area contributed by atoms with Gasteiger partial charge in [-0.3, -0.25) is 0 Å². The highest BCUT2D eigenvalue weighted by Crippen LogP contribution is 2.31. The largest absolute Gasteiger partial charge is 0.394 e. The Bertz CT molecular complexity index is 273. The molecule has 2 atom stereocenters. The van der Waals surface area contributed by atoms with Crippen molar-refractivity contribution in [1.29, 1.82) is 0 Å². The molecule has 0 aromatic rings. The molecule has 1 aliphatic rings. The molecule has 126 valence electrons. The van der Waals surface area contributed by atoms with Crippen molar-refractivity contribution < 1.29 is 5.11 Å². The van der Waals surface area contributed by atoms with Crippen molar-refractivity contribution in [3.63, 3.8) is 0 Å². The Labute approximate surface area is 131 Å². The van der Waals surface area contributed by atoms with Crippen LogP contribution in [0.15, 0.2) is 0 Å². The summed E-state index contributed by atoms with van der Waals surface area (Å²) in [5, 5.41) is 13.5. The highest BCUT2D eigenvalue weighted by Gasteiger charge is 2.36. The van der Waals surface area contributed by atoms with Gasteiger partial charge in [-0.1, -0.05) is 13.8 Å². The fraction of sp³-hybridized carbons (Fsp3) is 1.00. The van der Waals surface area contributed by atoms with Crippen LogP contribution in [0.5, 0.6) is 0 Å². The van der Waals surface area contributed by atoms with Crippen LogP contribution in [-0.4, -0.2) is 73.4 Å². The van der Waals surface area contributed by atoms with Gasteiger partial charge in [0.2, 0.25) is 0 Å². The number of aliphatic hydroxyl groups is 1. The first-order valence-electron chi connectivity index (χ1n) is 8.81. The van der Waals surface area contributed by atoms with E-state index in [-0.39, 0.29) is 12.1 Å². The van der Waals surface area contributed by atoms with Gasteiger partial charge in [-0.2, -0.15) is 0 Å². The quantitative estimate of drug-likeness (QED) is 0.646. The molecular weight excluding hydrogens is 262 g/mol. The van der Waals surface area contributed by atoms with Gasteiger partial charge in [-0.05, 0) is 78.8 Å². The second-order valence-corrected chi connectivity index (χ2v) is 6.90. The van der Waals surface area contributed by atoms with E-state index in [0.717, 1.165) is 38.9 Å². The van der Waals surface area contributed by atoms with Gasteiger partial charge in [0, 0.05) is 11.6 Å². The van der Waals surface area contributed by atoms with Gasteiger partial charge in [-0.15, -0.1) is 0 Å². The lowest BCUT2D eigenvalue weighted by atomic mass is 9.78. The monoisotopic (exact) mass is 299 g/mol. The molecular formula is C17H37N3O. The normalized spacial score (nSPS) is 26.7. The van der Waals surface area contributed by atoms with Crippen molar-refractivity contribution in [3.8, 4) is 0 Å². The van der Waals surface area contributed by atoms with Crippen LogP contribution in [0.4, 0.5) is 0 Å². The molecule has 1 fully saturated rings. The molecule has 1 saturated carbocycles. The predicted octanol–water partition coefficient (Wildman–Crippen LogP) is 1.93. The summed E-state index contributed by atoms with van der Waals surface area (Å²) in [5.41, 5.74) is -0.0338. The number of rotatable bonds is 10. The molecule has 0 amide bonds. The Morgan fingerprint density at radius 1 is 1.24 bits per heavy atom. The van der Waals surface area contributed by atoms with Crippen molar-refractivity contribution in [1.82, 2.24) is 15.1 Å². The highest BCUT2D eigenvalue weighted by molar-refractivity contribution is 4.96. The number of nitrogens with one attached hydrogen (secondary N) is 1. The van der Waals surface area contributed by atoms with Crippen molar-refractivity contribution in [2.45, 2.75) is 64.0 Å². The average molecular weight is 300 g/mol. The minimum absolute atomic E-state index is 0.0338. The SMILES string of the molecule is CCCNC1(CO)CCCC(N(CC)CCCN(C)C)C1. The standard InChI is InChI=1S/C17H37N3O/c1-5-11-18-17(15-21)10-7-9-16(14-17)20(6-2)13-8-12-19(3)4/h16,18,21H,5-15H2,1-4H3. The fourth-order valence-electron chi connectivity index (χ4n) is 3.58. The fourth-order valence-corrected chi connectivity index (χ4v) is 3.58. The summed E-state index contributed by atoms with van der Waals surface area (Å²) in [6, 6.07) is 0.627. The summed E-state index contributed by atoms with van der Waals surface area (Å²) in [6.45, 7) is 9.20. The third-order valence-electron chi connectivity index (χ3n) is 4.84. The molecule has 1 aliphatic carbocycles. The molecule has 0 heterocycles.